The maximum atomic E-state index is 12.7. The molecule has 0 fully saturated rings. The van der Waals surface area contributed by atoms with Crippen molar-refractivity contribution in [1.82, 2.24) is 0 Å². The van der Waals surface area contributed by atoms with E-state index in [1.54, 1.807) is 17.8 Å². The predicted molar refractivity (Wildman–Crippen MR) is 57.0 cm³/mol. The minimum atomic E-state index is -0.192. The van der Waals surface area contributed by atoms with Gasteiger partial charge in [0.05, 0.1) is 0 Å². The molecule has 0 aliphatic rings. The van der Waals surface area contributed by atoms with Gasteiger partial charge in [-0.05, 0) is 36.8 Å². The fourth-order valence-electron chi connectivity index (χ4n) is 1.08. The minimum Gasteiger partial charge on any atom is -0.303 e. The van der Waals surface area contributed by atoms with Gasteiger partial charge in [-0.25, -0.2) is 4.39 Å². The number of thioether (sulfide) groups is 1. The van der Waals surface area contributed by atoms with E-state index in [9.17, 15) is 9.18 Å². The summed E-state index contributed by atoms with van der Waals surface area (Å²) in [5.74, 6) is 0.750. The summed E-state index contributed by atoms with van der Waals surface area (Å²) < 4.78 is 12.7. The Morgan fingerprint density at radius 2 is 2.21 bits per heavy atom. The van der Waals surface area contributed by atoms with Crippen molar-refractivity contribution in [2.24, 2.45) is 0 Å². The molecule has 1 aromatic rings. The Balaban J connectivity index is 2.21. The molecule has 0 radical (unpaired) electrons. The van der Waals surface area contributed by atoms with E-state index in [0.29, 0.717) is 6.42 Å². The van der Waals surface area contributed by atoms with Gasteiger partial charge in [-0.3, -0.25) is 0 Å². The van der Waals surface area contributed by atoms with Crippen LogP contribution in [0.4, 0.5) is 4.39 Å². The molecular formula is C11H13FOS. The van der Waals surface area contributed by atoms with Crippen molar-refractivity contribution in [3.63, 3.8) is 0 Å². The van der Waals surface area contributed by atoms with Gasteiger partial charge < -0.3 is 4.79 Å². The second-order valence-electron chi connectivity index (χ2n) is 2.97. The summed E-state index contributed by atoms with van der Waals surface area (Å²) in [6.07, 6.45) is 3.49. The second kappa shape index (κ2) is 6.60. The number of hydrogen-bond donors (Lipinski definition) is 0. The first kappa shape index (κ1) is 11.2. The lowest BCUT2D eigenvalue weighted by Gasteiger charge is -2.00. The summed E-state index contributed by atoms with van der Waals surface area (Å²) in [5, 5.41) is 0. The molecule has 0 aliphatic heterocycles. The van der Waals surface area contributed by atoms with Gasteiger partial charge in [-0.15, -0.1) is 11.8 Å². The molecule has 0 aromatic heterocycles. The Morgan fingerprint density at radius 3 is 2.93 bits per heavy atom. The Labute approximate surface area is 87.7 Å². The summed E-state index contributed by atoms with van der Waals surface area (Å²) >= 11 is 1.63. The van der Waals surface area contributed by atoms with Crippen molar-refractivity contribution in [3.8, 4) is 0 Å². The summed E-state index contributed by atoms with van der Waals surface area (Å²) in [6.45, 7) is 0. The third-order valence-corrected chi connectivity index (χ3v) is 2.86. The van der Waals surface area contributed by atoms with E-state index < -0.39 is 0 Å². The predicted octanol–water partition coefficient (Wildman–Crippen LogP) is 3.29. The molecule has 0 heterocycles. The number of halogens is 1. The van der Waals surface area contributed by atoms with Gasteiger partial charge in [0.25, 0.3) is 0 Å². The molecule has 0 spiro atoms. The maximum Gasteiger partial charge on any atom is 0.124 e. The van der Waals surface area contributed by atoms with Crippen LogP contribution in [0.2, 0.25) is 0 Å². The van der Waals surface area contributed by atoms with Crippen LogP contribution in [0.1, 0.15) is 19.3 Å². The molecule has 0 bridgehead atoms. The fraction of sp³-hybridized carbons (Fsp3) is 0.364. The molecule has 0 unspecified atom stereocenters. The van der Waals surface area contributed by atoms with Crippen molar-refractivity contribution in [2.75, 3.05) is 5.75 Å². The summed E-state index contributed by atoms with van der Waals surface area (Å²) in [5.41, 5.74) is 0. The topological polar surface area (TPSA) is 17.1 Å². The first-order valence-electron chi connectivity index (χ1n) is 4.65. The van der Waals surface area contributed by atoms with E-state index >= 15 is 0 Å². The average Bonchev–Trinajstić information content (AvgIpc) is 2.18. The largest absolute Gasteiger partial charge is 0.303 e. The first-order valence-corrected chi connectivity index (χ1v) is 5.63. The van der Waals surface area contributed by atoms with Crippen LogP contribution in [-0.2, 0) is 4.79 Å². The Hall–Kier alpha value is -0.830. The smallest absolute Gasteiger partial charge is 0.124 e. The zero-order valence-electron chi connectivity index (χ0n) is 7.91. The van der Waals surface area contributed by atoms with Crippen LogP contribution in [0.5, 0.6) is 0 Å². The summed E-state index contributed by atoms with van der Waals surface area (Å²) in [4.78, 5) is 11.0. The Morgan fingerprint density at radius 1 is 1.36 bits per heavy atom. The van der Waals surface area contributed by atoms with Crippen molar-refractivity contribution >= 4 is 18.0 Å². The molecule has 0 N–H and O–H groups in total. The molecule has 1 aromatic carbocycles. The van der Waals surface area contributed by atoms with Gasteiger partial charge in [-0.2, -0.15) is 0 Å². The van der Waals surface area contributed by atoms with E-state index in [2.05, 4.69) is 0 Å². The summed E-state index contributed by atoms with van der Waals surface area (Å²) in [7, 11) is 0. The molecule has 1 nitrogen and oxygen atoms in total. The number of carbonyl (C=O) groups excluding carboxylic acids is 1. The number of aldehydes is 1. The lowest BCUT2D eigenvalue weighted by Crippen LogP contribution is -1.83. The number of unbranched alkanes of at least 4 members (excludes halogenated alkanes) is 2. The minimum absolute atomic E-state index is 0.192. The van der Waals surface area contributed by atoms with E-state index in [4.69, 9.17) is 0 Å². The highest BCUT2D eigenvalue weighted by Gasteiger charge is 1.95. The SMILES string of the molecule is O=CCCCCSc1cccc(F)c1. The molecule has 1 rings (SSSR count). The van der Waals surface area contributed by atoms with Crippen LogP contribution < -0.4 is 0 Å². The van der Waals surface area contributed by atoms with Crippen molar-refractivity contribution in [2.45, 2.75) is 24.2 Å². The second-order valence-corrected chi connectivity index (χ2v) is 4.14. The molecule has 0 atom stereocenters. The molecule has 0 saturated carbocycles. The molecule has 0 saturated heterocycles. The highest BCUT2D eigenvalue weighted by Crippen LogP contribution is 2.19. The van der Waals surface area contributed by atoms with Crippen LogP contribution in [0.15, 0.2) is 29.2 Å². The van der Waals surface area contributed by atoms with Gasteiger partial charge in [0.15, 0.2) is 0 Å². The van der Waals surface area contributed by atoms with Crippen LogP contribution in [0, 0.1) is 5.82 Å². The fourth-order valence-corrected chi connectivity index (χ4v) is 2.03. The number of hydrogen-bond acceptors (Lipinski definition) is 2. The van der Waals surface area contributed by atoms with Gasteiger partial charge >= 0.3 is 0 Å². The molecular weight excluding hydrogens is 199 g/mol. The Kier molecular flexibility index (Phi) is 5.30. The molecule has 0 amide bonds. The van der Waals surface area contributed by atoms with Crippen LogP contribution in [0.25, 0.3) is 0 Å². The lowest BCUT2D eigenvalue weighted by molar-refractivity contribution is -0.107. The number of rotatable bonds is 6. The third kappa shape index (κ3) is 4.42. The van der Waals surface area contributed by atoms with Crippen LogP contribution in [-0.4, -0.2) is 12.0 Å². The number of carbonyl (C=O) groups is 1. The van der Waals surface area contributed by atoms with Crippen molar-refractivity contribution < 1.29 is 9.18 Å². The molecule has 76 valence electrons. The van der Waals surface area contributed by atoms with Gasteiger partial charge in [0.2, 0.25) is 0 Å². The first-order chi connectivity index (χ1) is 6.83. The summed E-state index contributed by atoms with van der Waals surface area (Å²) in [6, 6.07) is 6.58. The van der Waals surface area contributed by atoms with Crippen LogP contribution >= 0.6 is 11.8 Å². The molecule has 0 aliphatic carbocycles. The monoisotopic (exact) mass is 212 g/mol. The zero-order chi connectivity index (χ0) is 10.2. The lowest BCUT2D eigenvalue weighted by atomic mass is 10.3. The van der Waals surface area contributed by atoms with Crippen molar-refractivity contribution in [3.05, 3.63) is 30.1 Å². The highest BCUT2D eigenvalue weighted by molar-refractivity contribution is 7.99. The standard InChI is InChI=1S/C11H13FOS/c12-10-5-4-6-11(9-10)14-8-3-1-2-7-13/h4-7,9H,1-3,8H2. The quantitative estimate of drug-likeness (QED) is 0.409. The van der Waals surface area contributed by atoms with Crippen molar-refractivity contribution in [1.29, 1.82) is 0 Å². The van der Waals surface area contributed by atoms with E-state index in [-0.39, 0.29) is 5.82 Å². The third-order valence-electron chi connectivity index (χ3n) is 1.78. The maximum absolute atomic E-state index is 12.7. The molecule has 3 heteroatoms. The highest BCUT2D eigenvalue weighted by atomic mass is 32.2. The van der Waals surface area contributed by atoms with E-state index in [1.807, 2.05) is 6.07 Å². The van der Waals surface area contributed by atoms with Crippen LogP contribution in [0.3, 0.4) is 0 Å². The van der Waals surface area contributed by atoms with Gasteiger partial charge in [-0.1, -0.05) is 6.07 Å². The van der Waals surface area contributed by atoms with E-state index in [0.717, 1.165) is 29.8 Å². The number of benzene rings is 1. The zero-order valence-corrected chi connectivity index (χ0v) is 8.73. The normalized spacial score (nSPS) is 10.1. The molecule has 14 heavy (non-hydrogen) atoms. The Bertz CT molecular complexity index is 288. The van der Waals surface area contributed by atoms with E-state index in [1.165, 1.54) is 12.1 Å². The van der Waals surface area contributed by atoms with Gasteiger partial charge in [0, 0.05) is 11.3 Å². The average molecular weight is 212 g/mol. The van der Waals surface area contributed by atoms with Gasteiger partial charge in [0.1, 0.15) is 12.1 Å².